The number of aryl methyl sites for hydroxylation is 1. The van der Waals surface area contributed by atoms with Gasteiger partial charge in [0.2, 0.25) is 0 Å². The van der Waals surface area contributed by atoms with Crippen molar-refractivity contribution in [2.24, 2.45) is 0 Å². The third kappa shape index (κ3) is 18.5. The summed E-state index contributed by atoms with van der Waals surface area (Å²) in [4.78, 5) is 0. The molecule has 0 unspecified atom stereocenters. The minimum atomic E-state index is 0. The average molecular weight is 445 g/mol. The zero-order chi connectivity index (χ0) is 21.0. The Hall–Kier alpha value is 0.400. The fourth-order valence-corrected chi connectivity index (χ4v) is 3.52. The van der Waals surface area contributed by atoms with Gasteiger partial charge in [0, 0.05) is 13.2 Å². The van der Waals surface area contributed by atoms with Crippen molar-refractivity contribution in [3.05, 3.63) is 60.2 Å². The van der Waals surface area contributed by atoms with Gasteiger partial charge in [-0.1, -0.05) is 119 Å². The molecule has 0 fully saturated rings. The van der Waals surface area contributed by atoms with Crippen LogP contribution in [0.25, 0.3) is 11.1 Å². The molecule has 0 amide bonds. The topological polar surface area (TPSA) is 9.23 Å². The normalized spacial score (nSPS) is 9.77. The third-order valence-corrected chi connectivity index (χ3v) is 5.29. The van der Waals surface area contributed by atoms with Crippen molar-refractivity contribution in [2.75, 3.05) is 13.2 Å². The fourth-order valence-electron chi connectivity index (χ4n) is 3.52. The molecule has 3 heteroatoms. The van der Waals surface area contributed by atoms with Crippen LogP contribution in [-0.2, 0) is 11.2 Å². The first-order chi connectivity index (χ1) is 14.3. The first kappa shape index (κ1) is 33.6. The standard InChI is InChI=1S/C24H34.C4H10O.2Na.2H/c1-2-3-4-5-6-7-8-9-10-12-15-22-18-20-24(21-19-22)23-16-13-11-14-17-23;1-3-5-4-2;;;;/h11,13-14,16-21H,2-10,12,15H2,1H3;3-4H2,1-2H3;;;;/q;;2*+1;2*-1. The van der Waals surface area contributed by atoms with Crippen LogP contribution in [0.4, 0.5) is 0 Å². The predicted molar refractivity (Wildman–Crippen MR) is 132 cm³/mol. The summed E-state index contributed by atoms with van der Waals surface area (Å²) in [5.41, 5.74) is 4.11. The second-order valence-corrected chi connectivity index (χ2v) is 7.78. The Morgan fingerprint density at radius 3 is 1.45 bits per heavy atom. The fraction of sp³-hybridized carbons (Fsp3) is 0.571. The van der Waals surface area contributed by atoms with E-state index in [0.29, 0.717) is 0 Å². The SMILES string of the molecule is CCCCCCCCCCCCc1ccc(-c2ccccc2)cc1.CCOCC.[H-].[H-].[Na+].[Na+]. The molecule has 0 heterocycles. The van der Waals surface area contributed by atoms with Gasteiger partial charge in [-0.2, -0.15) is 0 Å². The van der Waals surface area contributed by atoms with Gasteiger partial charge in [0.25, 0.3) is 0 Å². The zero-order valence-electron chi connectivity index (χ0n) is 23.3. The number of hydrogen-bond acceptors (Lipinski definition) is 1. The van der Waals surface area contributed by atoms with Crippen LogP contribution in [0.2, 0.25) is 0 Å². The molecule has 0 aliphatic rings. The largest absolute Gasteiger partial charge is 1.00 e. The summed E-state index contributed by atoms with van der Waals surface area (Å²) >= 11 is 0. The van der Waals surface area contributed by atoms with Crippen LogP contribution in [-0.4, -0.2) is 13.2 Å². The van der Waals surface area contributed by atoms with Crippen LogP contribution in [0.1, 0.15) is 93.4 Å². The van der Waals surface area contributed by atoms with E-state index in [9.17, 15) is 0 Å². The first-order valence-electron chi connectivity index (χ1n) is 12.0. The van der Waals surface area contributed by atoms with Crippen molar-refractivity contribution >= 4 is 0 Å². The van der Waals surface area contributed by atoms with Gasteiger partial charge in [-0.05, 0) is 43.4 Å². The Balaban J connectivity index is -0.000000423. The van der Waals surface area contributed by atoms with Crippen molar-refractivity contribution in [2.45, 2.75) is 91.4 Å². The van der Waals surface area contributed by atoms with E-state index in [1.54, 1.807) is 0 Å². The maximum absolute atomic E-state index is 4.83. The molecule has 0 saturated heterocycles. The number of hydrogen-bond donors (Lipinski definition) is 0. The van der Waals surface area contributed by atoms with Crippen molar-refractivity contribution in [3.63, 3.8) is 0 Å². The molecule has 0 saturated carbocycles. The Morgan fingerprint density at radius 2 is 1.00 bits per heavy atom. The molecule has 0 aromatic heterocycles. The number of ether oxygens (including phenoxy) is 1. The van der Waals surface area contributed by atoms with Crippen molar-refractivity contribution < 1.29 is 66.7 Å². The van der Waals surface area contributed by atoms with Gasteiger partial charge in [-0.25, -0.2) is 0 Å². The average Bonchev–Trinajstić information content (AvgIpc) is 2.77. The van der Waals surface area contributed by atoms with Gasteiger partial charge < -0.3 is 7.59 Å². The van der Waals surface area contributed by atoms with Gasteiger partial charge in [0.1, 0.15) is 0 Å². The van der Waals surface area contributed by atoms with Crippen LogP contribution in [0.15, 0.2) is 54.6 Å². The predicted octanol–water partition coefficient (Wildman–Crippen LogP) is 3.09. The number of benzene rings is 2. The maximum atomic E-state index is 4.83. The number of rotatable bonds is 14. The van der Waals surface area contributed by atoms with E-state index < -0.39 is 0 Å². The van der Waals surface area contributed by atoms with Crippen LogP contribution in [0, 0.1) is 0 Å². The first-order valence-corrected chi connectivity index (χ1v) is 12.0. The molecular weight excluding hydrogens is 398 g/mol. The Bertz CT molecular complexity index is 593. The van der Waals surface area contributed by atoms with E-state index in [-0.39, 0.29) is 62.0 Å². The molecule has 0 N–H and O–H groups in total. The van der Waals surface area contributed by atoms with Crippen LogP contribution < -0.4 is 59.1 Å². The van der Waals surface area contributed by atoms with E-state index in [4.69, 9.17) is 4.74 Å². The molecule has 0 aliphatic carbocycles. The summed E-state index contributed by atoms with van der Waals surface area (Å²) in [5.74, 6) is 0. The van der Waals surface area contributed by atoms with Crippen LogP contribution >= 0.6 is 0 Å². The van der Waals surface area contributed by atoms with E-state index in [1.165, 1.54) is 87.3 Å². The van der Waals surface area contributed by atoms with Gasteiger partial charge in [0.05, 0.1) is 0 Å². The van der Waals surface area contributed by atoms with E-state index in [0.717, 1.165) is 13.2 Å². The molecule has 2 aromatic rings. The second-order valence-electron chi connectivity index (χ2n) is 7.78. The Labute approximate surface area is 240 Å². The molecule has 2 aromatic carbocycles. The summed E-state index contributed by atoms with van der Waals surface area (Å²) in [5, 5.41) is 0. The van der Waals surface area contributed by atoms with E-state index in [2.05, 4.69) is 61.5 Å². The molecule has 1 nitrogen and oxygen atoms in total. The van der Waals surface area contributed by atoms with Gasteiger partial charge in [-0.3, -0.25) is 0 Å². The molecule has 166 valence electrons. The summed E-state index contributed by atoms with van der Waals surface area (Å²) < 4.78 is 4.83. The molecule has 0 spiro atoms. The zero-order valence-corrected chi connectivity index (χ0v) is 25.3. The van der Waals surface area contributed by atoms with Gasteiger partial charge in [-0.15, -0.1) is 0 Å². The molecule has 0 atom stereocenters. The van der Waals surface area contributed by atoms with Gasteiger partial charge in [0.15, 0.2) is 0 Å². The molecule has 2 rings (SSSR count). The summed E-state index contributed by atoms with van der Waals surface area (Å²) in [6.07, 6.45) is 15.3. The molecule has 0 aliphatic heterocycles. The molecule has 0 bridgehead atoms. The van der Waals surface area contributed by atoms with Crippen molar-refractivity contribution in [1.29, 1.82) is 0 Å². The summed E-state index contributed by atoms with van der Waals surface area (Å²) in [7, 11) is 0. The molecule has 31 heavy (non-hydrogen) atoms. The minimum Gasteiger partial charge on any atom is -1.00 e. The Kier molecular flexibility index (Phi) is 27.1. The van der Waals surface area contributed by atoms with E-state index in [1.807, 2.05) is 13.8 Å². The maximum Gasteiger partial charge on any atom is 1.00 e. The van der Waals surface area contributed by atoms with Crippen molar-refractivity contribution in [1.82, 2.24) is 0 Å². The quantitative estimate of drug-likeness (QED) is 0.321. The Morgan fingerprint density at radius 1 is 0.548 bits per heavy atom. The van der Waals surface area contributed by atoms with E-state index >= 15 is 0 Å². The van der Waals surface area contributed by atoms with Crippen LogP contribution in [0.5, 0.6) is 0 Å². The van der Waals surface area contributed by atoms with Crippen molar-refractivity contribution in [3.8, 4) is 11.1 Å². The molecule has 0 radical (unpaired) electrons. The third-order valence-electron chi connectivity index (χ3n) is 5.29. The van der Waals surface area contributed by atoms with Crippen LogP contribution in [0.3, 0.4) is 0 Å². The second kappa shape index (κ2) is 25.0. The summed E-state index contributed by atoms with van der Waals surface area (Å²) in [6, 6.07) is 19.8. The monoisotopic (exact) mass is 444 g/mol. The summed E-state index contributed by atoms with van der Waals surface area (Å²) in [6.45, 7) is 7.95. The smallest absolute Gasteiger partial charge is 1.00 e. The van der Waals surface area contributed by atoms with Gasteiger partial charge >= 0.3 is 59.1 Å². The minimum absolute atomic E-state index is 0. The molecular formula is C28H46Na2O. The number of unbranched alkanes of at least 4 members (excludes halogenated alkanes) is 9.